The number of Topliss-reactive ketones (excluding diaryl/α,β-unsaturated/α-hetero) is 1. The molecule has 1 nitrogen and oxygen atoms in total. The van der Waals surface area contributed by atoms with Crippen molar-refractivity contribution in [1.29, 1.82) is 0 Å². The Morgan fingerprint density at radius 1 is 1.26 bits per heavy atom. The minimum atomic E-state index is -0.751. The summed E-state index contributed by atoms with van der Waals surface area (Å²) in [5, 5.41) is 0. The second kappa shape index (κ2) is 7.37. The highest BCUT2D eigenvalue weighted by atomic mass is 19.1. The molecule has 19 heavy (non-hydrogen) atoms. The maximum absolute atomic E-state index is 13.9. The lowest BCUT2D eigenvalue weighted by atomic mass is 9.91. The van der Waals surface area contributed by atoms with Crippen LogP contribution in [0.2, 0.25) is 0 Å². The van der Waals surface area contributed by atoms with E-state index >= 15 is 0 Å². The van der Waals surface area contributed by atoms with E-state index in [2.05, 4.69) is 6.92 Å². The Labute approximate surface area is 114 Å². The second-order valence-corrected chi connectivity index (χ2v) is 5.10. The normalized spacial score (nSPS) is 12.5. The second-order valence-electron chi connectivity index (χ2n) is 5.10. The Morgan fingerprint density at radius 3 is 2.53 bits per heavy atom. The summed E-state index contributed by atoms with van der Waals surface area (Å²) in [6.45, 7) is 5.64. The minimum Gasteiger partial charge on any atom is -0.294 e. The number of benzene rings is 1. The molecular weight excluding hydrogens is 246 g/mol. The zero-order valence-electron chi connectivity index (χ0n) is 11.9. The van der Waals surface area contributed by atoms with Gasteiger partial charge in [0.05, 0.1) is 5.56 Å². The van der Waals surface area contributed by atoms with Crippen LogP contribution in [0.4, 0.5) is 8.78 Å². The molecule has 0 aliphatic carbocycles. The van der Waals surface area contributed by atoms with Crippen molar-refractivity contribution in [2.45, 2.75) is 52.9 Å². The van der Waals surface area contributed by atoms with Gasteiger partial charge in [-0.2, -0.15) is 0 Å². The van der Waals surface area contributed by atoms with Crippen LogP contribution in [0.5, 0.6) is 0 Å². The van der Waals surface area contributed by atoms with Crippen LogP contribution in [0, 0.1) is 24.5 Å². The van der Waals surface area contributed by atoms with E-state index in [9.17, 15) is 13.6 Å². The van der Waals surface area contributed by atoms with Crippen LogP contribution in [0.1, 0.15) is 61.9 Å². The molecule has 1 atom stereocenters. The molecular formula is C16H22F2O. The zero-order valence-corrected chi connectivity index (χ0v) is 11.9. The lowest BCUT2D eigenvalue weighted by Crippen LogP contribution is -2.12. The molecule has 106 valence electrons. The molecule has 0 fully saturated rings. The first kappa shape index (κ1) is 15.8. The smallest absolute Gasteiger partial charge is 0.169 e. The van der Waals surface area contributed by atoms with Gasteiger partial charge in [0, 0.05) is 6.42 Å². The Bertz CT molecular complexity index is 441. The van der Waals surface area contributed by atoms with E-state index in [1.54, 1.807) is 6.92 Å². The fourth-order valence-corrected chi connectivity index (χ4v) is 2.22. The van der Waals surface area contributed by atoms with Gasteiger partial charge >= 0.3 is 0 Å². The standard InChI is InChI=1S/C16H22F2O/c1-4-6-7-12(5-2)10-14(19)15-13(17)9-8-11(3)16(15)18/h8-9,12H,4-7,10H2,1-3H3. The summed E-state index contributed by atoms with van der Waals surface area (Å²) < 4.78 is 27.5. The van der Waals surface area contributed by atoms with Gasteiger partial charge in [-0.05, 0) is 24.5 Å². The van der Waals surface area contributed by atoms with Crippen molar-refractivity contribution in [3.8, 4) is 0 Å². The van der Waals surface area contributed by atoms with Crippen LogP contribution in [0.25, 0.3) is 0 Å². The monoisotopic (exact) mass is 268 g/mol. The summed E-state index contributed by atoms with van der Waals surface area (Å²) in [6.07, 6.45) is 4.14. The van der Waals surface area contributed by atoms with Crippen molar-refractivity contribution in [3.05, 3.63) is 34.9 Å². The molecule has 1 aromatic carbocycles. The number of rotatable bonds is 7. The summed E-state index contributed by atoms with van der Waals surface area (Å²) in [4.78, 5) is 12.1. The highest BCUT2D eigenvalue weighted by Gasteiger charge is 2.21. The van der Waals surface area contributed by atoms with Gasteiger partial charge in [0.15, 0.2) is 5.78 Å². The van der Waals surface area contributed by atoms with Crippen LogP contribution in [-0.4, -0.2) is 5.78 Å². The minimum absolute atomic E-state index is 0.215. The average Bonchev–Trinajstić information content (AvgIpc) is 2.39. The summed E-state index contributed by atoms with van der Waals surface area (Å²) in [6, 6.07) is 2.52. The number of carbonyl (C=O) groups is 1. The van der Waals surface area contributed by atoms with E-state index < -0.39 is 17.4 Å². The van der Waals surface area contributed by atoms with Crippen LogP contribution >= 0.6 is 0 Å². The molecule has 1 rings (SSSR count). The molecule has 0 radical (unpaired) electrons. The van der Waals surface area contributed by atoms with Crippen molar-refractivity contribution in [1.82, 2.24) is 0 Å². The Balaban J connectivity index is 2.85. The van der Waals surface area contributed by atoms with E-state index in [4.69, 9.17) is 0 Å². The van der Waals surface area contributed by atoms with Crippen molar-refractivity contribution in [2.24, 2.45) is 5.92 Å². The molecule has 0 aliphatic heterocycles. The number of hydrogen-bond donors (Lipinski definition) is 0. The molecule has 0 heterocycles. The van der Waals surface area contributed by atoms with E-state index in [1.165, 1.54) is 12.1 Å². The van der Waals surface area contributed by atoms with Crippen molar-refractivity contribution >= 4 is 5.78 Å². The predicted molar refractivity (Wildman–Crippen MR) is 73.3 cm³/mol. The molecule has 0 amide bonds. The Morgan fingerprint density at radius 2 is 1.95 bits per heavy atom. The van der Waals surface area contributed by atoms with E-state index in [-0.39, 0.29) is 17.9 Å². The summed E-state index contributed by atoms with van der Waals surface area (Å²) >= 11 is 0. The van der Waals surface area contributed by atoms with E-state index in [0.29, 0.717) is 5.56 Å². The highest BCUT2D eigenvalue weighted by Crippen LogP contribution is 2.23. The number of unbranched alkanes of at least 4 members (excludes halogenated alkanes) is 1. The van der Waals surface area contributed by atoms with Gasteiger partial charge in [-0.3, -0.25) is 4.79 Å². The van der Waals surface area contributed by atoms with Crippen molar-refractivity contribution < 1.29 is 13.6 Å². The predicted octanol–water partition coefficient (Wildman–Crippen LogP) is 5.06. The lowest BCUT2D eigenvalue weighted by Gasteiger charge is -2.14. The molecule has 0 saturated carbocycles. The largest absolute Gasteiger partial charge is 0.294 e. The molecule has 1 unspecified atom stereocenters. The fourth-order valence-electron chi connectivity index (χ4n) is 2.22. The third kappa shape index (κ3) is 4.12. The molecule has 0 aromatic heterocycles. The topological polar surface area (TPSA) is 17.1 Å². The van der Waals surface area contributed by atoms with Gasteiger partial charge in [-0.1, -0.05) is 45.6 Å². The van der Waals surface area contributed by atoms with Gasteiger partial charge in [0.1, 0.15) is 11.6 Å². The first-order chi connectivity index (χ1) is 9.01. The molecule has 0 bridgehead atoms. The molecule has 0 saturated heterocycles. The Kier molecular flexibility index (Phi) is 6.13. The van der Waals surface area contributed by atoms with Crippen LogP contribution in [0.3, 0.4) is 0 Å². The first-order valence-corrected chi connectivity index (χ1v) is 6.99. The van der Waals surface area contributed by atoms with Gasteiger partial charge < -0.3 is 0 Å². The van der Waals surface area contributed by atoms with Crippen LogP contribution < -0.4 is 0 Å². The average molecular weight is 268 g/mol. The number of aryl methyl sites for hydroxylation is 1. The van der Waals surface area contributed by atoms with Crippen LogP contribution in [-0.2, 0) is 0 Å². The number of halogens is 2. The third-order valence-corrected chi connectivity index (χ3v) is 3.58. The van der Waals surface area contributed by atoms with E-state index in [0.717, 1.165) is 25.7 Å². The molecule has 3 heteroatoms. The molecule has 1 aromatic rings. The van der Waals surface area contributed by atoms with E-state index in [1.807, 2.05) is 6.92 Å². The highest BCUT2D eigenvalue weighted by molar-refractivity contribution is 5.96. The zero-order chi connectivity index (χ0) is 14.4. The van der Waals surface area contributed by atoms with Crippen LogP contribution in [0.15, 0.2) is 12.1 Å². The molecule has 0 aliphatic rings. The van der Waals surface area contributed by atoms with Gasteiger partial charge in [0.2, 0.25) is 0 Å². The van der Waals surface area contributed by atoms with Crippen molar-refractivity contribution in [2.75, 3.05) is 0 Å². The molecule has 0 N–H and O–H groups in total. The quantitative estimate of drug-likeness (QED) is 0.631. The van der Waals surface area contributed by atoms with Gasteiger partial charge in [-0.25, -0.2) is 8.78 Å². The van der Waals surface area contributed by atoms with Gasteiger partial charge in [0.25, 0.3) is 0 Å². The maximum Gasteiger partial charge on any atom is 0.169 e. The first-order valence-electron chi connectivity index (χ1n) is 6.99. The number of hydrogen-bond acceptors (Lipinski definition) is 1. The van der Waals surface area contributed by atoms with Gasteiger partial charge in [-0.15, -0.1) is 0 Å². The number of carbonyl (C=O) groups excluding carboxylic acids is 1. The van der Waals surface area contributed by atoms with Crippen molar-refractivity contribution in [3.63, 3.8) is 0 Å². The maximum atomic E-state index is 13.9. The molecule has 0 spiro atoms. The Hall–Kier alpha value is -1.25. The summed E-state index contributed by atoms with van der Waals surface area (Å²) in [5.41, 5.74) is -0.0543. The lowest BCUT2D eigenvalue weighted by molar-refractivity contribution is 0.0948. The summed E-state index contributed by atoms with van der Waals surface area (Å²) in [5.74, 6) is -1.66. The SMILES string of the molecule is CCCCC(CC)CC(=O)c1c(F)ccc(C)c1F. The third-order valence-electron chi connectivity index (χ3n) is 3.58. The number of ketones is 1. The fraction of sp³-hybridized carbons (Fsp3) is 0.562. The summed E-state index contributed by atoms with van der Waals surface area (Å²) in [7, 11) is 0.